The van der Waals surface area contributed by atoms with E-state index in [1.54, 1.807) is 6.07 Å². The highest BCUT2D eigenvalue weighted by molar-refractivity contribution is 6.39. The zero-order valence-electron chi connectivity index (χ0n) is 19.2. The SMILES string of the molecule is Cc1cc(NC(=O)C(=O)N2C[C@@H](C)CC[C@@H]2[C@H]2CC[C@@H](C(C)(C)C)CC2)cnc1N. The minimum Gasteiger partial charge on any atom is -0.383 e. The van der Waals surface area contributed by atoms with E-state index in [1.165, 1.54) is 19.0 Å². The number of hydrogen-bond donors (Lipinski definition) is 2. The van der Waals surface area contributed by atoms with Gasteiger partial charge in [0.05, 0.1) is 11.9 Å². The van der Waals surface area contributed by atoms with Gasteiger partial charge in [0.1, 0.15) is 5.82 Å². The van der Waals surface area contributed by atoms with Gasteiger partial charge in [0.25, 0.3) is 0 Å². The first-order chi connectivity index (χ1) is 14.1. The van der Waals surface area contributed by atoms with Crippen molar-refractivity contribution in [2.24, 2.45) is 23.2 Å². The lowest BCUT2D eigenvalue weighted by Crippen LogP contribution is -2.53. The van der Waals surface area contributed by atoms with Crippen LogP contribution in [0.2, 0.25) is 0 Å². The van der Waals surface area contributed by atoms with Crippen molar-refractivity contribution in [2.45, 2.75) is 79.2 Å². The van der Waals surface area contributed by atoms with E-state index < -0.39 is 11.8 Å². The van der Waals surface area contributed by atoms with Crippen LogP contribution in [0.1, 0.15) is 71.8 Å². The van der Waals surface area contributed by atoms with Crippen LogP contribution >= 0.6 is 0 Å². The van der Waals surface area contributed by atoms with E-state index in [-0.39, 0.29) is 6.04 Å². The number of hydrogen-bond acceptors (Lipinski definition) is 4. The molecule has 0 unspecified atom stereocenters. The predicted octanol–water partition coefficient (Wildman–Crippen LogP) is 4.39. The topological polar surface area (TPSA) is 88.3 Å². The summed E-state index contributed by atoms with van der Waals surface area (Å²) in [6, 6.07) is 1.92. The fourth-order valence-electron chi connectivity index (χ4n) is 5.24. The van der Waals surface area contributed by atoms with Gasteiger partial charge in [0.2, 0.25) is 0 Å². The van der Waals surface area contributed by atoms with Gasteiger partial charge in [-0.15, -0.1) is 0 Å². The molecule has 1 aliphatic carbocycles. The van der Waals surface area contributed by atoms with Gasteiger partial charge in [0, 0.05) is 12.6 Å². The van der Waals surface area contributed by atoms with E-state index in [9.17, 15) is 9.59 Å². The molecule has 2 aliphatic rings. The molecule has 30 heavy (non-hydrogen) atoms. The molecule has 166 valence electrons. The van der Waals surface area contributed by atoms with Gasteiger partial charge in [-0.1, -0.05) is 27.7 Å². The van der Waals surface area contributed by atoms with Crippen LogP contribution in [0.25, 0.3) is 0 Å². The molecular weight excluding hydrogens is 376 g/mol. The smallest absolute Gasteiger partial charge is 0.313 e. The highest BCUT2D eigenvalue weighted by Crippen LogP contribution is 2.43. The Kier molecular flexibility index (Phi) is 6.73. The maximum atomic E-state index is 13.1. The van der Waals surface area contributed by atoms with Crippen LogP contribution in [-0.4, -0.2) is 34.3 Å². The maximum absolute atomic E-state index is 13.1. The van der Waals surface area contributed by atoms with Crippen LogP contribution in [0.4, 0.5) is 11.5 Å². The van der Waals surface area contributed by atoms with Gasteiger partial charge in [-0.25, -0.2) is 4.98 Å². The number of amides is 2. The lowest BCUT2D eigenvalue weighted by atomic mass is 9.67. The third kappa shape index (κ3) is 5.13. The van der Waals surface area contributed by atoms with E-state index in [0.29, 0.717) is 35.3 Å². The molecule has 0 radical (unpaired) electrons. The zero-order valence-corrected chi connectivity index (χ0v) is 19.2. The van der Waals surface area contributed by atoms with Crippen LogP contribution in [0.3, 0.4) is 0 Å². The number of carbonyl (C=O) groups is 2. The number of rotatable bonds is 2. The lowest BCUT2D eigenvalue weighted by molar-refractivity contribution is -0.148. The number of nitrogens with two attached hydrogens (primary N) is 1. The van der Waals surface area contributed by atoms with Crippen LogP contribution < -0.4 is 11.1 Å². The van der Waals surface area contributed by atoms with Gasteiger partial charge in [-0.3, -0.25) is 9.59 Å². The summed E-state index contributed by atoms with van der Waals surface area (Å²) < 4.78 is 0. The molecule has 1 saturated carbocycles. The van der Waals surface area contributed by atoms with Crippen molar-refractivity contribution in [1.29, 1.82) is 0 Å². The quantitative estimate of drug-likeness (QED) is 0.703. The summed E-state index contributed by atoms with van der Waals surface area (Å²) in [6.45, 7) is 11.6. The number of aryl methyl sites for hydroxylation is 1. The summed E-state index contributed by atoms with van der Waals surface area (Å²) in [4.78, 5) is 31.8. The molecule has 1 aromatic heterocycles. The molecule has 0 aromatic carbocycles. The molecule has 1 aliphatic heterocycles. The summed E-state index contributed by atoms with van der Waals surface area (Å²) in [5, 5.41) is 2.72. The monoisotopic (exact) mass is 414 g/mol. The van der Waals surface area contributed by atoms with E-state index in [0.717, 1.165) is 37.2 Å². The van der Waals surface area contributed by atoms with E-state index in [2.05, 4.69) is 38.0 Å². The van der Waals surface area contributed by atoms with Crippen LogP contribution in [0.15, 0.2) is 12.3 Å². The van der Waals surface area contributed by atoms with Gasteiger partial charge in [0.15, 0.2) is 0 Å². The Bertz CT molecular complexity index is 778. The molecule has 2 heterocycles. The largest absolute Gasteiger partial charge is 0.383 e. The molecule has 6 heteroatoms. The second kappa shape index (κ2) is 8.94. The average molecular weight is 415 g/mol. The lowest BCUT2D eigenvalue weighted by Gasteiger charge is -2.46. The maximum Gasteiger partial charge on any atom is 0.313 e. The Morgan fingerprint density at radius 3 is 2.40 bits per heavy atom. The third-order valence-electron chi connectivity index (χ3n) is 7.24. The molecule has 0 bridgehead atoms. The number of piperidine rings is 1. The normalized spacial score (nSPS) is 27.6. The minimum atomic E-state index is -0.580. The second-order valence-electron chi connectivity index (χ2n) is 10.6. The van der Waals surface area contributed by atoms with Crippen LogP contribution in [-0.2, 0) is 9.59 Å². The summed E-state index contributed by atoms with van der Waals surface area (Å²) in [7, 11) is 0. The van der Waals surface area contributed by atoms with E-state index in [4.69, 9.17) is 5.73 Å². The number of anilines is 2. The van der Waals surface area contributed by atoms with Crippen molar-refractivity contribution < 1.29 is 9.59 Å². The van der Waals surface area contributed by atoms with Gasteiger partial charge in [-0.2, -0.15) is 0 Å². The van der Waals surface area contributed by atoms with E-state index >= 15 is 0 Å². The summed E-state index contributed by atoms with van der Waals surface area (Å²) >= 11 is 0. The van der Waals surface area contributed by atoms with Crippen molar-refractivity contribution in [3.05, 3.63) is 17.8 Å². The molecule has 6 nitrogen and oxygen atoms in total. The van der Waals surface area contributed by atoms with Gasteiger partial charge >= 0.3 is 11.8 Å². The minimum absolute atomic E-state index is 0.173. The summed E-state index contributed by atoms with van der Waals surface area (Å²) in [5.74, 6) is 1.08. The first-order valence-corrected chi connectivity index (χ1v) is 11.4. The summed E-state index contributed by atoms with van der Waals surface area (Å²) in [6.07, 6.45) is 8.33. The number of pyridine rings is 1. The average Bonchev–Trinajstić information content (AvgIpc) is 2.69. The molecule has 3 N–H and O–H groups in total. The Morgan fingerprint density at radius 1 is 1.13 bits per heavy atom. The highest BCUT2D eigenvalue weighted by atomic mass is 16.2. The van der Waals surface area contributed by atoms with Crippen LogP contribution in [0, 0.1) is 30.1 Å². The van der Waals surface area contributed by atoms with Crippen molar-refractivity contribution in [1.82, 2.24) is 9.88 Å². The van der Waals surface area contributed by atoms with Crippen LogP contribution in [0.5, 0.6) is 0 Å². The third-order valence-corrected chi connectivity index (χ3v) is 7.24. The molecule has 2 fully saturated rings. The molecular formula is C24H38N4O2. The highest BCUT2D eigenvalue weighted by Gasteiger charge is 2.40. The fourth-order valence-corrected chi connectivity index (χ4v) is 5.24. The molecule has 0 spiro atoms. The Hall–Kier alpha value is -2.11. The van der Waals surface area contributed by atoms with Crippen molar-refractivity contribution >= 4 is 23.3 Å². The number of aromatic nitrogens is 1. The van der Waals surface area contributed by atoms with Crippen molar-refractivity contribution in [2.75, 3.05) is 17.6 Å². The standard InChI is InChI=1S/C24H38N4O2/c1-15-6-11-20(17-7-9-18(10-8-17)24(3,4)5)28(14-15)23(30)22(29)27-19-12-16(2)21(25)26-13-19/h12-13,15,17-18,20H,6-11,14H2,1-5H3,(H2,25,26)(H,27,29)/t15-,17-,18+,20+/m0/s1. The Balaban J connectivity index is 1.68. The first kappa shape index (κ1) is 22.6. The van der Waals surface area contributed by atoms with Gasteiger partial charge in [-0.05, 0) is 80.2 Å². The van der Waals surface area contributed by atoms with Gasteiger partial charge < -0.3 is 16.0 Å². The van der Waals surface area contributed by atoms with Crippen molar-refractivity contribution in [3.63, 3.8) is 0 Å². The number of likely N-dealkylation sites (tertiary alicyclic amines) is 1. The fraction of sp³-hybridized carbons (Fsp3) is 0.708. The number of nitrogen functional groups attached to an aromatic ring is 1. The zero-order chi connectivity index (χ0) is 22.1. The Labute approximate surface area is 181 Å². The molecule has 1 aromatic rings. The molecule has 3 rings (SSSR count). The number of carbonyl (C=O) groups excluding carboxylic acids is 2. The summed E-state index contributed by atoms with van der Waals surface area (Å²) in [5.41, 5.74) is 7.37. The Morgan fingerprint density at radius 2 is 1.80 bits per heavy atom. The first-order valence-electron chi connectivity index (χ1n) is 11.4. The number of nitrogens with zero attached hydrogens (tertiary/aromatic N) is 2. The molecule has 1 saturated heterocycles. The number of nitrogens with one attached hydrogen (secondary N) is 1. The second-order valence-corrected chi connectivity index (χ2v) is 10.6. The van der Waals surface area contributed by atoms with E-state index in [1.807, 2.05) is 11.8 Å². The van der Waals surface area contributed by atoms with Crippen molar-refractivity contribution in [3.8, 4) is 0 Å². The molecule has 2 amide bonds. The molecule has 2 atom stereocenters. The predicted molar refractivity (Wildman–Crippen MR) is 121 cm³/mol.